The van der Waals surface area contributed by atoms with Crippen LogP contribution in [0.4, 0.5) is 5.69 Å². The van der Waals surface area contributed by atoms with E-state index < -0.39 is 0 Å². The summed E-state index contributed by atoms with van der Waals surface area (Å²) in [6.07, 6.45) is 0. The third-order valence-electron chi connectivity index (χ3n) is 1.28. The molecule has 0 radical (unpaired) electrons. The van der Waals surface area contributed by atoms with Crippen molar-refractivity contribution < 1.29 is 0 Å². The average molecular weight is 135 g/mol. The first kappa shape index (κ1) is 6.74. The molecule has 0 bridgehead atoms. The van der Waals surface area contributed by atoms with Crippen molar-refractivity contribution in [1.29, 1.82) is 0 Å². The highest BCUT2D eigenvalue weighted by Crippen LogP contribution is 2.16. The van der Waals surface area contributed by atoms with Gasteiger partial charge in [-0.1, -0.05) is 23.4 Å². The summed E-state index contributed by atoms with van der Waals surface area (Å²) in [5.41, 5.74) is 1.90. The Kier molecular flexibility index (Phi) is 1.99. The van der Waals surface area contributed by atoms with E-state index in [1.54, 1.807) is 0 Å². The fourth-order valence-electron chi connectivity index (χ4n) is 0.738. The monoisotopic (exact) mass is 135 g/mol. The molecule has 1 aromatic carbocycles. The molecule has 0 aliphatic heterocycles. The lowest BCUT2D eigenvalue weighted by molar-refractivity contribution is 1.05. The molecule has 0 spiro atoms. The van der Waals surface area contributed by atoms with Crippen LogP contribution < -0.4 is 5.84 Å². The predicted octanol–water partition coefficient (Wildman–Crippen LogP) is 1.95. The molecule has 0 saturated carbocycles. The predicted molar refractivity (Wildman–Crippen MR) is 39.9 cm³/mol. The van der Waals surface area contributed by atoms with E-state index in [-0.39, 0.29) is 0 Å². The third kappa shape index (κ3) is 1.31. The zero-order valence-corrected chi connectivity index (χ0v) is 5.78. The molecule has 0 aliphatic carbocycles. The largest absolute Gasteiger partial charge is 0.305 e. The van der Waals surface area contributed by atoms with Crippen molar-refractivity contribution in [1.82, 2.24) is 0 Å². The maximum absolute atomic E-state index is 4.89. The molecule has 0 fully saturated rings. The van der Waals surface area contributed by atoms with E-state index in [4.69, 9.17) is 5.84 Å². The summed E-state index contributed by atoms with van der Waals surface area (Å²) < 4.78 is 0. The molecule has 0 amide bonds. The zero-order valence-electron chi connectivity index (χ0n) is 5.78. The topological polar surface area (TPSA) is 50.7 Å². The first-order chi connectivity index (χ1) is 4.84. The SMILES string of the molecule is Cc1ccccc1/N=N\N. The maximum atomic E-state index is 4.89. The third-order valence-corrected chi connectivity index (χ3v) is 1.28. The van der Waals surface area contributed by atoms with Gasteiger partial charge in [-0.05, 0) is 18.6 Å². The van der Waals surface area contributed by atoms with E-state index >= 15 is 0 Å². The van der Waals surface area contributed by atoms with Crippen LogP contribution in [0.15, 0.2) is 34.6 Å². The van der Waals surface area contributed by atoms with E-state index in [1.807, 2.05) is 31.2 Å². The summed E-state index contributed by atoms with van der Waals surface area (Å²) in [5, 5.41) is 6.90. The Morgan fingerprint density at radius 2 is 2.00 bits per heavy atom. The van der Waals surface area contributed by atoms with Crippen molar-refractivity contribution in [3.63, 3.8) is 0 Å². The Labute approximate surface area is 59.6 Å². The number of rotatable bonds is 1. The van der Waals surface area contributed by atoms with Crippen LogP contribution in [-0.4, -0.2) is 0 Å². The Morgan fingerprint density at radius 3 is 2.60 bits per heavy atom. The fraction of sp³-hybridized carbons (Fsp3) is 0.143. The number of benzene rings is 1. The normalized spacial score (nSPS) is 10.5. The number of nitrogens with zero attached hydrogens (tertiary/aromatic N) is 2. The number of hydrogen-bond donors (Lipinski definition) is 1. The molecule has 3 nitrogen and oxygen atoms in total. The van der Waals surface area contributed by atoms with Gasteiger partial charge in [0.25, 0.3) is 0 Å². The van der Waals surface area contributed by atoms with Gasteiger partial charge in [0.2, 0.25) is 0 Å². The van der Waals surface area contributed by atoms with Crippen molar-refractivity contribution >= 4 is 5.69 Å². The lowest BCUT2D eigenvalue weighted by Gasteiger charge is -1.93. The van der Waals surface area contributed by atoms with Crippen LogP contribution in [0.5, 0.6) is 0 Å². The molecule has 1 rings (SSSR count). The quantitative estimate of drug-likeness (QED) is 0.357. The Bertz CT molecular complexity index is 242. The van der Waals surface area contributed by atoms with Crippen molar-refractivity contribution in [3.05, 3.63) is 29.8 Å². The molecule has 3 heteroatoms. The second-order valence-corrected chi connectivity index (χ2v) is 2.00. The van der Waals surface area contributed by atoms with Crippen LogP contribution in [-0.2, 0) is 0 Å². The van der Waals surface area contributed by atoms with Crippen LogP contribution in [0.1, 0.15) is 5.56 Å². The molecule has 10 heavy (non-hydrogen) atoms. The highest BCUT2D eigenvalue weighted by Gasteiger charge is 1.90. The average Bonchev–Trinajstić information content (AvgIpc) is 1.94. The Balaban J connectivity index is 3.03. The Hall–Kier alpha value is -1.38. The van der Waals surface area contributed by atoms with E-state index in [2.05, 4.69) is 10.3 Å². The lowest BCUT2D eigenvalue weighted by atomic mass is 10.2. The summed E-state index contributed by atoms with van der Waals surface area (Å²) in [5.74, 6) is 4.89. The van der Waals surface area contributed by atoms with Crippen molar-refractivity contribution in [2.24, 2.45) is 16.2 Å². The minimum atomic E-state index is 0.824. The van der Waals surface area contributed by atoms with Gasteiger partial charge in [0.05, 0.1) is 5.69 Å². The maximum Gasteiger partial charge on any atom is 0.0903 e. The minimum absolute atomic E-state index is 0.824. The molecule has 52 valence electrons. The van der Waals surface area contributed by atoms with Gasteiger partial charge in [0.1, 0.15) is 0 Å². The van der Waals surface area contributed by atoms with Gasteiger partial charge in [-0.25, -0.2) is 0 Å². The molecular weight excluding hydrogens is 126 g/mol. The van der Waals surface area contributed by atoms with Crippen molar-refractivity contribution in [2.75, 3.05) is 0 Å². The number of hydrogen-bond acceptors (Lipinski definition) is 2. The lowest BCUT2D eigenvalue weighted by Crippen LogP contribution is -1.76. The van der Waals surface area contributed by atoms with Gasteiger partial charge in [-0.15, -0.1) is 5.11 Å². The smallest absolute Gasteiger partial charge is 0.0903 e. The van der Waals surface area contributed by atoms with Crippen LogP contribution in [0.25, 0.3) is 0 Å². The second kappa shape index (κ2) is 2.96. The molecule has 1 aromatic rings. The number of nitrogens with two attached hydrogens (primary N) is 1. The molecule has 0 aromatic heterocycles. The first-order valence-corrected chi connectivity index (χ1v) is 3.01. The number of aryl methyl sites for hydroxylation is 1. The standard InChI is InChI=1S/C7H9N3/c1-6-4-2-3-5-7(6)9-10-8/h2-5H,1H3,(H2,8,9). The molecule has 2 N–H and O–H groups in total. The summed E-state index contributed by atoms with van der Waals surface area (Å²) in [7, 11) is 0. The van der Waals surface area contributed by atoms with Gasteiger partial charge in [0, 0.05) is 0 Å². The summed E-state index contributed by atoms with van der Waals surface area (Å²) in [6, 6.07) is 7.68. The summed E-state index contributed by atoms with van der Waals surface area (Å²) >= 11 is 0. The van der Waals surface area contributed by atoms with Crippen LogP contribution in [0, 0.1) is 6.92 Å². The molecule has 0 atom stereocenters. The van der Waals surface area contributed by atoms with Crippen LogP contribution in [0.3, 0.4) is 0 Å². The van der Waals surface area contributed by atoms with Crippen molar-refractivity contribution in [2.45, 2.75) is 6.92 Å². The molecular formula is C7H9N3. The molecule has 0 saturated heterocycles. The van der Waals surface area contributed by atoms with E-state index in [0.29, 0.717) is 0 Å². The summed E-state index contributed by atoms with van der Waals surface area (Å²) in [6.45, 7) is 1.96. The summed E-state index contributed by atoms with van der Waals surface area (Å²) in [4.78, 5) is 0. The van der Waals surface area contributed by atoms with Crippen molar-refractivity contribution in [3.8, 4) is 0 Å². The molecule has 0 aliphatic rings. The van der Waals surface area contributed by atoms with Gasteiger partial charge < -0.3 is 5.84 Å². The van der Waals surface area contributed by atoms with Gasteiger partial charge in [0.15, 0.2) is 0 Å². The zero-order chi connectivity index (χ0) is 7.40. The van der Waals surface area contributed by atoms with Crippen LogP contribution >= 0.6 is 0 Å². The van der Waals surface area contributed by atoms with Gasteiger partial charge >= 0.3 is 0 Å². The molecule has 0 heterocycles. The minimum Gasteiger partial charge on any atom is -0.305 e. The fourth-order valence-corrected chi connectivity index (χ4v) is 0.738. The molecule has 0 unspecified atom stereocenters. The van der Waals surface area contributed by atoms with Gasteiger partial charge in [-0.2, -0.15) is 0 Å². The van der Waals surface area contributed by atoms with E-state index in [9.17, 15) is 0 Å². The van der Waals surface area contributed by atoms with Gasteiger partial charge in [-0.3, -0.25) is 0 Å². The highest BCUT2D eigenvalue weighted by atomic mass is 15.3. The van der Waals surface area contributed by atoms with Crippen LogP contribution in [0.2, 0.25) is 0 Å². The highest BCUT2D eigenvalue weighted by molar-refractivity contribution is 5.43. The Morgan fingerprint density at radius 1 is 1.30 bits per heavy atom. The second-order valence-electron chi connectivity index (χ2n) is 2.00. The van der Waals surface area contributed by atoms with E-state index in [1.165, 1.54) is 0 Å². The van der Waals surface area contributed by atoms with E-state index in [0.717, 1.165) is 11.3 Å². The first-order valence-electron chi connectivity index (χ1n) is 3.01.